The van der Waals surface area contributed by atoms with Crippen molar-refractivity contribution in [3.05, 3.63) is 30.1 Å². The van der Waals surface area contributed by atoms with E-state index in [-0.39, 0.29) is 17.6 Å². The monoisotopic (exact) mass is 391 g/mol. The average Bonchev–Trinajstić information content (AvgIpc) is 3.38. The van der Waals surface area contributed by atoms with Crippen LogP contribution in [0.2, 0.25) is 0 Å². The van der Waals surface area contributed by atoms with Crippen molar-refractivity contribution >= 4 is 23.7 Å². The van der Waals surface area contributed by atoms with E-state index in [9.17, 15) is 14.0 Å². The largest absolute Gasteiger partial charge is 0.338 e. The molecular weight excluding hydrogens is 369 g/mol. The van der Waals surface area contributed by atoms with Gasteiger partial charge in [-0.3, -0.25) is 14.7 Å². The molecule has 7 nitrogen and oxygen atoms in total. The quantitative estimate of drug-likeness (QED) is 0.709. The molecule has 0 atom stereocenters. The molecule has 0 unspecified atom stereocenters. The van der Waals surface area contributed by atoms with E-state index in [0.717, 1.165) is 12.8 Å². The molecule has 0 saturated heterocycles. The van der Waals surface area contributed by atoms with Crippen LogP contribution in [0.25, 0.3) is 11.4 Å². The van der Waals surface area contributed by atoms with Crippen molar-refractivity contribution in [2.75, 3.05) is 12.3 Å². The van der Waals surface area contributed by atoms with Gasteiger partial charge in [-0.15, -0.1) is 10.2 Å². The molecule has 1 saturated carbocycles. The van der Waals surface area contributed by atoms with Gasteiger partial charge in [-0.25, -0.2) is 9.18 Å². The average molecular weight is 391 g/mol. The first-order valence-corrected chi connectivity index (χ1v) is 9.84. The molecule has 0 radical (unpaired) electrons. The van der Waals surface area contributed by atoms with E-state index in [1.54, 1.807) is 18.2 Å². The van der Waals surface area contributed by atoms with Crippen LogP contribution in [0.4, 0.5) is 9.18 Å². The number of thioether (sulfide) groups is 1. The van der Waals surface area contributed by atoms with E-state index in [1.807, 2.05) is 18.4 Å². The van der Waals surface area contributed by atoms with Gasteiger partial charge in [0, 0.05) is 12.6 Å². The Balaban J connectivity index is 1.65. The topological polar surface area (TPSA) is 88.9 Å². The van der Waals surface area contributed by atoms with E-state index < -0.39 is 11.9 Å². The van der Waals surface area contributed by atoms with Gasteiger partial charge in [0.25, 0.3) is 0 Å². The van der Waals surface area contributed by atoms with Crippen LogP contribution >= 0.6 is 11.8 Å². The second-order valence-electron chi connectivity index (χ2n) is 6.83. The SMILES string of the molecule is CC(C)CNC(=O)NC(=O)CSc1nnc(-c2ccccc2F)n1C1CC1. The molecule has 1 aliphatic carbocycles. The third kappa shape index (κ3) is 5.06. The lowest BCUT2D eigenvalue weighted by Crippen LogP contribution is -2.41. The number of hydrogen-bond acceptors (Lipinski definition) is 5. The molecule has 0 bridgehead atoms. The Morgan fingerprint density at radius 1 is 1.30 bits per heavy atom. The Kier molecular flexibility index (Phi) is 6.10. The number of nitrogens with zero attached hydrogens (tertiary/aromatic N) is 3. The molecule has 9 heteroatoms. The Morgan fingerprint density at radius 2 is 2.04 bits per heavy atom. The number of halogens is 1. The summed E-state index contributed by atoms with van der Waals surface area (Å²) in [5.41, 5.74) is 0.390. The maximum absolute atomic E-state index is 14.1. The summed E-state index contributed by atoms with van der Waals surface area (Å²) in [7, 11) is 0. The Morgan fingerprint density at radius 3 is 2.70 bits per heavy atom. The molecule has 1 aromatic carbocycles. The summed E-state index contributed by atoms with van der Waals surface area (Å²) in [6.45, 7) is 4.43. The zero-order valence-electron chi connectivity index (χ0n) is 15.2. The van der Waals surface area contributed by atoms with Crippen LogP contribution in [0.15, 0.2) is 29.4 Å². The Bertz CT molecular complexity index is 835. The highest BCUT2D eigenvalue weighted by atomic mass is 32.2. The molecule has 1 aromatic heterocycles. The first kappa shape index (κ1) is 19.3. The third-order valence-electron chi connectivity index (χ3n) is 3.95. The standard InChI is InChI=1S/C18H22FN5O2S/c1-11(2)9-20-17(26)21-15(25)10-27-18-23-22-16(24(18)12-7-8-12)13-5-3-4-6-14(13)19/h3-6,11-12H,7-10H2,1-2H3,(H2,20,21,25,26). The van der Waals surface area contributed by atoms with Crippen LogP contribution in [-0.4, -0.2) is 39.0 Å². The molecule has 2 aromatic rings. The lowest BCUT2D eigenvalue weighted by atomic mass is 10.2. The van der Waals surface area contributed by atoms with Gasteiger partial charge >= 0.3 is 6.03 Å². The summed E-state index contributed by atoms with van der Waals surface area (Å²) in [5.74, 6) is 0.0151. The van der Waals surface area contributed by atoms with Gasteiger partial charge in [0.05, 0.1) is 11.3 Å². The number of benzene rings is 1. The molecule has 3 rings (SSSR count). The summed E-state index contributed by atoms with van der Waals surface area (Å²) in [6.07, 6.45) is 1.94. The summed E-state index contributed by atoms with van der Waals surface area (Å²) in [6, 6.07) is 6.14. The molecule has 1 aliphatic rings. The summed E-state index contributed by atoms with van der Waals surface area (Å²) < 4.78 is 16.0. The molecule has 1 fully saturated rings. The fourth-order valence-electron chi connectivity index (χ4n) is 2.50. The summed E-state index contributed by atoms with van der Waals surface area (Å²) in [4.78, 5) is 23.6. The maximum Gasteiger partial charge on any atom is 0.321 e. The van der Waals surface area contributed by atoms with Gasteiger partial charge in [0.2, 0.25) is 5.91 Å². The lowest BCUT2D eigenvalue weighted by molar-refractivity contribution is -0.117. The van der Waals surface area contributed by atoms with Crippen LogP contribution in [0.1, 0.15) is 32.7 Å². The zero-order chi connectivity index (χ0) is 19.4. The van der Waals surface area contributed by atoms with Crippen LogP contribution in [0, 0.1) is 11.7 Å². The highest BCUT2D eigenvalue weighted by Crippen LogP contribution is 2.41. The predicted molar refractivity (Wildman–Crippen MR) is 101 cm³/mol. The minimum Gasteiger partial charge on any atom is -0.338 e. The van der Waals surface area contributed by atoms with Crippen molar-refractivity contribution in [1.29, 1.82) is 0 Å². The Labute approximate surface area is 161 Å². The van der Waals surface area contributed by atoms with Gasteiger partial charge in [0.1, 0.15) is 5.82 Å². The summed E-state index contributed by atoms with van der Waals surface area (Å²) >= 11 is 1.19. The van der Waals surface area contributed by atoms with Gasteiger partial charge in [-0.2, -0.15) is 0 Å². The fourth-order valence-corrected chi connectivity index (χ4v) is 3.30. The minimum atomic E-state index is -0.509. The normalized spacial score (nSPS) is 13.6. The van der Waals surface area contributed by atoms with E-state index >= 15 is 0 Å². The minimum absolute atomic E-state index is 0.0250. The van der Waals surface area contributed by atoms with Crippen molar-refractivity contribution in [2.24, 2.45) is 5.92 Å². The zero-order valence-corrected chi connectivity index (χ0v) is 16.1. The maximum atomic E-state index is 14.1. The van der Waals surface area contributed by atoms with Crippen molar-refractivity contribution in [3.63, 3.8) is 0 Å². The molecular formula is C18H22FN5O2S. The van der Waals surface area contributed by atoms with Crippen molar-refractivity contribution in [3.8, 4) is 11.4 Å². The van der Waals surface area contributed by atoms with Crippen molar-refractivity contribution in [2.45, 2.75) is 37.9 Å². The number of urea groups is 1. The lowest BCUT2D eigenvalue weighted by Gasteiger charge is -2.10. The highest BCUT2D eigenvalue weighted by molar-refractivity contribution is 7.99. The van der Waals surface area contributed by atoms with Crippen molar-refractivity contribution in [1.82, 2.24) is 25.4 Å². The van der Waals surface area contributed by atoms with Gasteiger partial charge in [-0.05, 0) is 30.9 Å². The molecule has 0 spiro atoms. The highest BCUT2D eigenvalue weighted by Gasteiger charge is 2.31. The van der Waals surface area contributed by atoms with Gasteiger partial charge < -0.3 is 5.32 Å². The first-order chi connectivity index (χ1) is 13.0. The number of carbonyl (C=O) groups is 2. The predicted octanol–water partition coefficient (Wildman–Crippen LogP) is 2.99. The first-order valence-electron chi connectivity index (χ1n) is 8.86. The smallest absolute Gasteiger partial charge is 0.321 e. The number of hydrogen-bond donors (Lipinski definition) is 2. The van der Waals surface area contributed by atoms with Crippen LogP contribution in [0.5, 0.6) is 0 Å². The van der Waals surface area contributed by atoms with Gasteiger partial charge in [-0.1, -0.05) is 37.7 Å². The van der Waals surface area contributed by atoms with Crippen molar-refractivity contribution < 1.29 is 14.0 Å². The molecule has 2 N–H and O–H groups in total. The van der Waals surface area contributed by atoms with E-state index in [1.165, 1.54) is 17.8 Å². The molecule has 27 heavy (non-hydrogen) atoms. The number of nitrogens with one attached hydrogen (secondary N) is 2. The van der Waals surface area contributed by atoms with E-state index in [0.29, 0.717) is 29.0 Å². The van der Waals surface area contributed by atoms with E-state index in [2.05, 4.69) is 20.8 Å². The van der Waals surface area contributed by atoms with E-state index in [4.69, 9.17) is 0 Å². The molecule has 3 amide bonds. The third-order valence-corrected chi connectivity index (χ3v) is 4.89. The molecule has 0 aliphatic heterocycles. The van der Waals surface area contributed by atoms with Gasteiger partial charge in [0.15, 0.2) is 11.0 Å². The number of imide groups is 1. The van der Waals surface area contributed by atoms with Crippen LogP contribution in [0.3, 0.4) is 0 Å². The number of amides is 3. The summed E-state index contributed by atoms with van der Waals surface area (Å²) in [5, 5.41) is 13.7. The van der Waals surface area contributed by atoms with Crippen LogP contribution in [-0.2, 0) is 4.79 Å². The Hall–Kier alpha value is -2.42. The molecule has 144 valence electrons. The second kappa shape index (κ2) is 8.51. The second-order valence-corrected chi connectivity index (χ2v) is 7.77. The number of rotatable bonds is 7. The van der Waals surface area contributed by atoms with Crippen LogP contribution < -0.4 is 10.6 Å². The fraction of sp³-hybridized carbons (Fsp3) is 0.444. The molecule has 1 heterocycles. The number of carbonyl (C=O) groups excluding carboxylic acids is 2. The number of aromatic nitrogens is 3.